The Balaban J connectivity index is 2.31. The van der Waals surface area contributed by atoms with Gasteiger partial charge in [-0.15, -0.1) is 0 Å². The van der Waals surface area contributed by atoms with Gasteiger partial charge in [0.15, 0.2) is 6.29 Å². The highest BCUT2D eigenvalue weighted by Crippen LogP contribution is 2.22. The molecule has 1 fully saturated rings. The van der Waals surface area contributed by atoms with E-state index in [1.54, 1.807) is 0 Å². The number of aliphatic hydroxyl groups excluding tert-OH is 4. The Bertz CT molecular complexity index is 947. The molecule has 9 heteroatoms. The van der Waals surface area contributed by atoms with Gasteiger partial charge in [-0.3, -0.25) is 4.79 Å². The molecule has 0 saturated carbocycles. The van der Waals surface area contributed by atoms with Crippen molar-refractivity contribution in [2.45, 2.75) is 198 Å². The van der Waals surface area contributed by atoms with E-state index in [1.807, 2.05) is 0 Å². The van der Waals surface area contributed by atoms with Crippen molar-refractivity contribution in [3.8, 4) is 0 Å². The van der Waals surface area contributed by atoms with Crippen LogP contribution in [0, 0.1) is 0 Å². The predicted molar refractivity (Wildman–Crippen MR) is 215 cm³/mol. The molecule has 1 heterocycles. The van der Waals surface area contributed by atoms with Gasteiger partial charge in [0.2, 0.25) is 0 Å². The molecule has 0 amide bonds. The number of ether oxygens (including phenoxy) is 4. The van der Waals surface area contributed by atoms with E-state index in [0.29, 0.717) is 13.0 Å². The molecular formula is C44H78O9. The first-order valence-electron chi connectivity index (χ1n) is 21.2. The number of carbonyl (C=O) groups is 1. The Kier molecular flexibility index (Phi) is 33.2. The lowest BCUT2D eigenvalue weighted by molar-refractivity contribution is -0.305. The fraction of sp³-hybridized carbons (Fsp3) is 0.795. The molecule has 6 atom stereocenters. The van der Waals surface area contributed by atoms with E-state index < -0.39 is 43.4 Å². The van der Waals surface area contributed by atoms with Crippen molar-refractivity contribution in [3.05, 3.63) is 48.6 Å². The number of hydrogen-bond donors (Lipinski definition) is 4. The standard InChI is InChI=1S/C44H78O9/c1-3-5-7-9-11-13-15-17-19-20-22-24-26-28-30-32-34-50-36-38(37-51-44-43(49)42(48)41(47)39(35-45)53-44)52-40(46)33-31-29-27-25-23-21-18-16-14-12-10-8-6-4-2/h5,7,11,13,16-19,38-39,41-45,47-49H,3-4,6,8-10,12,14-15,20-37H2,1-2H3/b7-5-,13-11-,18-16-,19-17-. The summed E-state index contributed by atoms with van der Waals surface area (Å²) in [6.07, 6.45) is 35.6. The van der Waals surface area contributed by atoms with Crippen LogP contribution in [-0.2, 0) is 23.7 Å². The Morgan fingerprint density at radius 1 is 0.623 bits per heavy atom. The first kappa shape index (κ1) is 49.2. The van der Waals surface area contributed by atoms with Gasteiger partial charge in [-0.05, 0) is 70.6 Å². The first-order valence-corrected chi connectivity index (χ1v) is 21.2. The van der Waals surface area contributed by atoms with Crippen molar-refractivity contribution >= 4 is 5.97 Å². The van der Waals surface area contributed by atoms with Crippen LogP contribution in [0.3, 0.4) is 0 Å². The number of hydrogen-bond acceptors (Lipinski definition) is 9. The van der Waals surface area contributed by atoms with Gasteiger partial charge in [0, 0.05) is 13.0 Å². The summed E-state index contributed by atoms with van der Waals surface area (Å²) in [5, 5.41) is 40.0. The van der Waals surface area contributed by atoms with Crippen LogP contribution in [0.2, 0.25) is 0 Å². The SMILES string of the molecule is CC/C=C\C/C=C\C/C=C\CCCCCCCCOCC(COC1OC(CO)C(O)C(O)C1O)OC(=O)CCCCCCC/C=C\CCCCCCC. The zero-order valence-electron chi connectivity index (χ0n) is 33.5. The predicted octanol–water partition coefficient (Wildman–Crippen LogP) is 8.97. The van der Waals surface area contributed by atoms with E-state index in [1.165, 1.54) is 64.2 Å². The molecule has 0 aromatic heterocycles. The number of carbonyl (C=O) groups excluding carboxylic acids is 1. The summed E-state index contributed by atoms with van der Waals surface area (Å²) >= 11 is 0. The van der Waals surface area contributed by atoms with Crippen molar-refractivity contribution in [1.82, 2.24) is 0 Å². The molecule has 1 aliphatic rings. The summed E-state index contributed by atoms with van der Waals surface area (Å²) in [5.41, 5.74) is 0. The Morgan fingerprint density at radius 3 is 1.75 bits per heavy atom. The van der Waals surface area contributed by atoms with Crippen LogP contribution in [0.1, 0.15) is 162 Å². The molecule has 1 saturated heterocycles. The van der Waals surface area contributed by atoms with Crippen LogP contribution >= 0.6 is 0 Å². The molecule has 53 heavy (non-hydrogen) atoms. The molecule has 1 aliphatic heterocycles. The van der Waals surface area contributed by atoms with Crippen LogP contribution in [0.15, 0.2) is 48.6 Å². The summed E-state index contributed by atoms with van der Waals surface area (Å²) in [7, 11) is 0. The normalized spacial score (nSPS) is 21.5. The van der Waals surface area contributed by atoms with Gasteiger partial charge < -0.3 is 39.4 Å². The average Bonchev–Trinajstić information content (AvgIpc) is 3.16. The number of allylic oxidation sites excluding steroid dienone is 8. The minimum Gasteiger partial charge on any atom is -0.457 e. The largest absolute Gasteiger partial charge is 0.457 e. The van der Waals surface area contributed by atoms with E-state index in [0.717, 1.165) is 77.0 Å². The Morgan fingerprint density at radius 2 is 1.15 bits per heavy atom. The smallest absolute Gasteiger partial charge is 0.306 e. The minimum absolute atomic E-state index is 0.123. The van der Waals surface area contributed by atoms with E-state index in [4.69, 9.17) is 18.9 Å². The second-order valence-corrected chi connectivity index (χ2v) is 14.4. The number of rotatable bonds is 35. The molecule has 0 bridgehead atoms. The van der Waals surface area contributed by atoms with Crippen molar-refractivity contribution in [1.29, 1.82) is 0 Å². The van der Waals surface area contributed by atoms with E-state index >= 15 is 0 Å². The van der Waals surface area contributed by atoms with Crippen LogP contribution < -0.4 is 0 Å². The molecular weight excluding hydrogens is 672 g/mol. The van der Waals surface area contributed by atoms with Crippen molar-refractivity contribution in [3.63, 3.8) is 0 Å². The Hall–Kier alpha value is -1.85. The fourth-order valence-corrected chi connectivity index (χ4v) is 6.15. The molecule has 6 unspecified atom stereocenters. The number of aliphatic hydroxyl groups is 4. The van der Waals surface area contributed by atoms with Gasteiger partial charge in [-0.1, -0.05) is 133 Å². The molecule has 308 valence electrons. The van der Waals surface area contributed by atoms with Crippen LogP contribution in [0.4, 0.5) is 0 Å². The van der Waals surface area contributed by atoms with E-state index in [9.17, 15) is 25.2 Å². The molecule has 9 nitrogen and oxygen atoms in total. The van der Waals surface area contributed by atoms with Crippen LogP contribution in [0.5, 0.6) is 0 Å². The van der Waals surface area contributed by atoms with E-state index in [-0.39, 0.29) is 19.2 Å². The lowest BCUT2D eigenvalue weighted by Gasteiger charge is -2.39. The molecule has 4 N–H and O–H groups in total. The summed E-state index contributed by atoms with van der Waals surface area (Å²) in [6, 6.07) is 0. The highest BCUT2D eigenvalue weighted by molar-refractivity contribution is 5.69. The molecule has 0 radical (unpaired) electrons. The summed E-state index contributed by atoms with van der Waals surface area (Å²) in [6.45, 7) is 4.39. The van der Waals surface area contributed by atoms with Crippen molar-refractivity contribution in [2.75, 3.05) is 26.4 Å². The second-order valence-electron chi connectivity index (χ2n) is 14.4. The van der Waals surface area contributed by atoms with Gasteiger partial charge in [0.25, 0.3) is 0 Å². The zero-order chi connectivity index (χ0) is 38.6. The molecule has 0 spiro atoms. The molecule has 0 aliphatic carbocycles. The third-order valence-electron chi connectivity index (χ3n) is 9.48. The summed E-state index contributed by atoms with van der Waals surface area (Å²) in [4.78, 5) is 12.7. The van der Waals surface area contributed by atoms with Gasteiger partial charge in [-0.2, -0.15) is 0 Å². The number of unbranched alkanes of at least 4 members (excludes halogenated alkanes) is 16. The second kappa shape index (κ2) is 35.8. The quantitative estimate of drug-likeness (QED) is 0.0285. The van der Waals surface area contributed by atoms with Crippen LogP contribution in [-0.4, -0.2) is 89.6 Å². The zero-order valence-corrected chi connectivity index (χ0v) is 33.5. The topological polar surface area (TPSA) is 135 Å². The third kappa shape index (κ3) is 27.4. The summed E-state index contributed by atoms with van der Waals surface area (Å²) in [5.74, 6) is -0.330. The van der Waals surface area contributed by atoms with Crippen molar-refractivity contribution < 1.29 is 44.2 Å². The minimum atomic E-state index is -1.54. The fourth-order valence-electron chi connectivity index (χ4n) is 6.15. The van der Waals surface area contributed by atoms with Gasteiger partial charge in [0.1, 0.15) is 30.5 Å². The van der Waals surface area contributed by atoms with Gasteiger partial charge >= 0.3 is 5.97 Å². The molecule has 1 rings (SSSR count). The average molecular weight is 751 g/mol. The highest BCUT2D eigenvalue weighted by atomic mass is 16.7. The lowest BCUT2D eigenvalue weighted by Crippen LogP contribution is -2.59. The van der Waals surface area contributed by atoms with E-state index in [2.05, 4.69) is 62.5 Å². The maximum absolute atomic E-state index is 12.7. The van der Waals surface area contributed by atoms with Gasteiger partial charge in [0.05, 0.1) is 19.8 Å². The van der Waals surface area contributed by atoms with Crippen LogP contribution in [0.25, 0.3) is 0 Å². The Labute approximate surface area is 322 Å². The highest BCUT2D eigenvalue weighted by Gasteiger charge is 2.44. The maximum Gasteiger partial charge on any atom is 0.306 e. The maximum atomic E-state index is 12.7. The number of esters is 1. The molecule has 0 aromatic rings. The lowest BCUT2D eigenvalue weighted by atomic mass is 9.99. The molecule has 0 aromatic carbocycles. The van der Waals surface area contributed by atoms with Gasteiger partial charge in [-0.25, -0.2) is 0 Å². The first-order chi connectivity index (χ1) is 25.9. The van der Waals surface area contributed by atoms with Crippen molar-refractivity contribution in [2.24, 2.45) is 0 Å². The summed E-state index contributed by atoms with van der Waals surface area (Å²) < 4.78 is 22.7. The monoisotopic (exact) mass is 751 g/mol. The third-order valence-corrected chi connectivity index (χ3v) is 9.48.